The molecule has 1 aromatic rings. The smallest absolute Gasteiger partial charge is 0.246 e. The van der Waals surface area contributed by atoms with Crippen LogP contribution in [-0.4, -0.2) is 24.9 Å². The SMILES string of the molecule is CCCCC(=O)NCC(=O)N1CCCc2ccccc21. The fraction of sp³-hybridized carbons (Fsp3) is 0.500. The van der Waals surface area contributed by atoms with E-state index in [0.29, 0.717) is 6.42 Å². The molecule has 4 heteroatoms. The van der Waals surface area contributed by atoms with E-state index in [-0.39, 0.29) is 18.4 Å². The van der Waals surface area contributed by atoms with Crippen LogP contribution in [0.4, 0.5) is 5.69 Å². The van der Waals surface area contributed by atoms with E-state index in [1.165, 1.54) is 5.56 Å². The van der Waals surface area contributed by atoms with Crippen molar-refractivity contribution in [1.82, 2.24) is 5.32 Å². The first-order valence-electron chi connectivity index (χ1n) is 7.37. The van der Waals surface area contributed by atoms with Crippen molar-refractivity contribution < 1.29 is 9.59 Å². The maximum absolute atomic E-state index is 12.3. The van der Waals surface area contributed by atoms with E-state index in [4.69, 9.17) is 0 Å². The summed E-state index contributed by atoms with van der Waals surface area (Å²) >= 11 is 0. The number of carbonyl (C=O) groups excluding carboxylic acids is 2. The Bertz CT molecular complexity index is 485. The van der Waals surface area contributed by atoms with E-state index in [1.54, 1.807) is 4.90 Å². The highest BCUT2D eigenvalue weighted by Gasteiger charge is 2.21. The predicted molar refractivity (Wildman–Crippen MR) is 79.7 cm³/mol. The highest BCUT2D eigenvalue weighted by molar-refractivity contribution is 5.97. The molecular weight excluding hydrogens is 252 g/mol. The molecule has 0 aromatic heterocycles. The molecule has 0 bridgehead atoms. The van der Waals surface area contributed by atoms with Crippen LogP contribution in [-0.2, 0) is 16.0 Å². The van der Waals surface area contributed by atoms with Gasteiger partial charge in [0, 0.05) is 18.7 Å². The molecular formula is C16H22N2O2. The van der Waals surface area contributed by atoms with Crippen LogP contribution in [0.3, 0.4) is 0 Å². The lowest BCUT2D eigenvalue weighted by Gasteiger charge is -2.29. The molecule has 0 unspecified atom stereocenters. The molecule has 0 saturated carbocycles. The van der Waals surface area contributed by atoms with Gasteiger partial charge in [0.25, 0.3) is 0 Å². The minimum absolute atomic E-state index is 0.0259. The summed E-state index contributed by atoms with van der Waals surface area (Å²) in [6.07, 6.45) is 4.35. The topological polar surface area (TPSA) is 49.4 Å². The second-order valence-electron chi connectivity index (χ2n) is 5.16. The molecule has 2 rings (SSSR count). The second kappa shape index (κ2) is 7.08. The molecule has 1 aromatic carbocycles. The highest BCUT2D eigenvalue weighted by Crippen LogP contribution is 2.26. The molecule has 20 heavy (non-hydrogen) atoms. The lowest BCUT2D eigenvalue weighted by molar-refractivity contribution is -0.125. The zero-order valence-corrected chi connectivity index (χ0v) is 12.0. The van der Waals surface area contributed by atoms with Gasteiger partial charge >= 0.3 is 0 Å². The van der Waals surface area contributed by atoms with Crippen LogP contribution in [0.15, 0.2) is 24.3 Å². The van der Waals surface area contributed by atoms with Gasteiger partial charge in [-0.05, 0) is 30.9 Å². The average Bonchev–Trinajstić information content (AvgIpc) is 2.50. The van der Waals surface area contributed by atoms with E-state index < -0.39 is 0 Å². The third-order valence-electron chi connectivity index (χ3n) is 3.61. The van der Waals surface area contributed by atoms with Gasteiger partial charge in [0.05, 0.1) is 6.54 Å². The highest BCUT2D eigenvalue weighted by atomic mass is 16.2. The van der Waals surface area contributed by atoms with Crippen LogP contribution in [0.1, 0.15) is 38.2 Å². The molecule has 4 nitrogen and oxygen atoms in total. The van der Waals surface area contributed by atoms with Gasteiger partial charge in [-0.15, -0.1) is 0 Å². The summed E-state index contributed by atoms with van der Waals surface area (Å²) in [6, 6.07) is 7.99. The van der Waals surface area contributed by atoms with Crippen molar-refractivity contribution in [2.75, 3.05) is 18.0 Å². The number of hydrogen-bond donors (Lipinski definition) is 1. The van der Waals surface area contributed by atoms with Crippen molar-refractivity contribution in [2.45, 2.75) is 39.0 Å². The molecule has 0 fully saturated rings. The van der Waals surface area contributed by atoms with Crippen LogP contribution >= 0.6 is 0 Å². The molecule has 0 atom stereocenters. The molecule has 1 N–H and O–H groups in total. The molecule has 0 radical (unpaired) electrons. The molecule has 0 saturated heterocycles. The minimum Gasteiger partial charge on any atom is -0.347 e. The van der Waals surface area contributed by atoms with Crippen LogP contribution in [0.2, 0.25) is 0 Å². The number of unbranched alkanes of at least 4 members (excludes halogenated alkanes) is 1. The lowest BCUT2D eigenvalue weighted by atomic mass is 10.0. The van der Waals surface area contributed by atoms with Crippen LogP contribution < -0.4 is 10.2 Å². The van der Waals surface area contributed by atoms with Crippen molar-refractivity contribution in [3.8, 4) is 0 Å². The molecule has 108 valence electrons. The Morgan fingerprint density at radius 2 is 2.10 bits per heavy atom. The third-order valence-corrected chi connectivity index (χ3v) is 3.61. The van der Waals surface area contributed by atoms with Crippen molar-refractivity contribution >= 4 is 17.5 Å². The summed E-state index contributed by atoms with van der Waals surface area (Å²) in [5.74, 6) is -0.0625. The fourth-order valence-corrected chi connectivity index (χ4v) is 2.49. The van der Waals surface area contributed by atoms with Gasteiger partial charge in [-0.1, -0.05) is 31.5 Å². The number of benzene rings is 1. The van der Waals surface area contributed by atoms with Gasteiger partial charge in [-0.3, -0.25) is 9.59 Å². The number of fused-ring (bicyclic) bond motifs is 1. The summed E-state index contributed by atoms with van der Waals surface area (Å²) in [5.41, 5.74) is 2.20. The Balaban J connectivity index is 1.92. The normalized spacial score (nSPS) is 13.8. The lowest BCUT2D eigenvalue weighted by Crippen LogP contribution is -2.42. The number of amides is 2. The molecule has 0 spiro atoms. The number of aryl methyl sites for hydroxylation is 1. The first kappa shape index (κ1) is 14.6. The Kier molecular flexibility index (Phi) is 5.16. The van der Waals surface area contributed by atoms with Crippen molar-refractivity contribution in [1.29, 1.82) is 0 Å². The largest absolute Gasteiger partial charge is 0.347 e. The molecule has 1 aliphatic heterocycles. The standard InChI is InChI=1S/C16H22N2O2/c1-2-3-10-15(19)17-12-16(20)18-11-6-8-13-7-4-5-9-14(13)18/h4-5,7,9H,2-3,6,8,10-12H2,1H3,(H,17,19). The number of hydrogen-bond acceptors (Lipinski definition) is 2. The number of nitrogens with zero attached hydrogens (tertiary/aromatic N) is 1. The number of carbonyl (C=O) groups is 2. The van der Waals surface area contributed by atoms with Crippen molar-refractivity contribution in [2.24, 2.45) is 0 Å². The van der Waals surface area contributed by atoms with E-state index in [2.05, 4.69) is 11.4 Å². The fourth-order valence-electron chi connectivity index (χ4n) is 2.49. The monoisotopic (exact) mass is 274 g/mol. The third kappa shape index (κ3) is 3.59. The van der Waals surface area contributed by atoms with Gasteiger partial charge in [0.1, 0.15) is 0 Å². The Morgan fingerprint density at radius 1 is 1.30 bits per heavy atom. The number of para-hydroxylation sites is 1. The van der Waals surface area contributed by atoms with Crippen LogP contribution in [0, 0.1) is 0 Å². The molecule has 0 aliphatic carbocycles. The van der Waals surface area contributed by atoms with E-state index in [9.17, 15) is 9.59 Å². The zero-order chi connectivity index (χ0) is 14.4. The van der Waals surface area contributed by atoms with Crippen molar-refractivity contribution in [3.05, 3.63) is 29.8 Å². The number of anilines is 1. The van der Waals surface area contributed by atoms with E-state index >= 15 is 0 Å². The van der Waals surface area contributed by atoms with Crippen LogP contribution in [0.25, 0.3) is 0 Å². The number of rotatable bonds is 5. The predicted octanol–water partition coefficient (Wildman–Crippen LogP) is 2.27. The first-order valence-corrected chi connectivity index (χ1v) is 7.37. The Hall–Kier alpha value is -1.84. The molecule has 1 aliphatic rings. The van der Waals surface area contributed by atoms with E-state index in [0.717, 1.165) is 37.9 Å². The summed E-state index contributed by atoms with van der Waals surface area (Å²) in [4.78, 5) is 25.6. The van der Waals surface area contributed by atoms with Gasteiger partial charge in [0.15, 0.2) is 0 Å². The Morgan fingerprint density at radius 3 is 2.90 bits per heavy atom. The maximum atomic E-state index is 12.3. The molecule has 2 amide bonds. The Labute approximate surface area is 120 Å². The summed E-state index contributed by atoms with van der Waals surface area (Å²) < 4.78 is 0. The maximum Gasteiger partial charge on any atom is 0.246 e. The van der Waals surface area contributed by atoms with E-state index in [1.807, 2.05) is 25.1 Å². The average molecular weight is 274 g/mol. The molecule has 1 heterocycles. The van der Waals surface area contributed by atoms with Gasteiger partial charge in [-0.25, -0.2) is 0 Å². The second-order valence-corrected chi connectivity index (χ2v) is 5.16. The quantitative estimate of drug-likeness (QED) is 0.895. The van der Waals surface area contributed by atoms with Gasteiger partial charge in [0.2, 0.25) is 11.8 Å². The van der Waals surface area contributed by atoms with Gasteiger partial charge < -0.3 is 10.2 Å². The summed E-state index contributed by atoms with van der Waals surface area (Å²) in [6.45, 7) is 2.88. The summed E-state index contributed by atoms with van der Waals surface area (Å²) in [7, 11) is 0. The first-order chi connectivity index (χ1) is 9.72. The number of nitrogens with one attached hydrogen (secondary N) is 1. The zero-order valence-electron chi connectivity index (χ0n) is 12.0. The minimum atomic E-state index is -0.0366. The van der Waals surface area contributed by atoms with Crippen molar-refractivity contribution in [3.63, 3.8) is 0 Å². The van der Waals surface area contributed by atoms with Crippen LogP contribution in [0.5, 0.6) is 0 Å². The van der Waals surface area contributed by atoms with Gasteiger partial charge in [-0.2, -0.15) is 0 Å². The summed E-state index contributed by atoms with van der Waals surface area (Å²) in [5, 5.41) is 2.72.